The highest BCUT2D eigenvalue weighted by atomic mass is 35.5. The Kier molecular flexibility index (Phi) is 6.12. The van der Waals surface area contributed by atoms with Crippen molar-refractivity contribution in [3.63, 3.8) is 0 Å². The molecule has 0 saturated heterocycles. The van der Waals surface area contributed by atoms with Crippen molar-refractivity contribution in [2.45, 2.75) is 12.5 Å². The third kappa shape index (κ3) is 2.61. The van der Waals surface area contributed by atoms with E-state index in [1.165, 1.54) is 11.1 Å². The van der Waals surface area contributed by atoms with Gasteiger partial charge >= 0.3 is 0 Å². The maximum absolute atomic E-state index is 5.66. The zero-order valence-electron chi connectivity index (χ0n) is 7.90. The van der Waals surface area contributed by atoms with E-state index in [1.54, 1.807) is 0 Å². The summed E-state index contributed by atoms with van der Waals surface area (Å²) in [5, 5.41) is 3.40. The second-order valence-corrected chi connectivity index (χ2v) is 3.19. The number of nitrogens with two attached hydrogens (primary N) is 1. The number of fused-ring (bicyclic) bond motifs is 1. The van der Waals surface area contributed by atoms with E-state index < -0.39 is 0 Å². The van der Waals surface area contributed by atoms with Gasteiger partial charge in [-0.25, -0.2) is 0 Å². The zero-order valence-corrected chi connectivity index (χ0v) is 9.53. The molecule has 0 saturated carbocycles. The van der Waals surface area contributed by atoms with E-state index in [2.05, 4.69) is 29.6 Å². The number of hydrogen-bond acceptors (Lipinski definition) is 2. The SMILES string of the molecule is Cl.Cl.NCC1NCCc2ccccc21. The van der Waals surface area contributed by atoms with Crippen LogP contribution in [0.5, 0.6) is 0 Å². The molecule has 2 nitrogen and oxygen atoms in total. The summed E-state index contributed by atoms with van der Waals surface area (Å²) >= 11 is 0. The van der Waals surface area contributed by atoms with Gasteiger partial charge in [-0.05, 0) is 24.1 Å². The van der Waals surface area contributed by atoms with Crippen LogP contribution in [0.4, 0.5) is 0 Å². The Hall–Kier alpha value is -0.280. The second kappa shape index (κ2) is 6.25. The van der Waals surface area contributed by atoms with Crippen LogP contribution in [0.3, 0.4) is 0 Å². The maximum atomic E-state index is 5.66. The van der Waals surface area contributed by atoms with E-state index in [0.717, 1.165) is 13.0 Å². The van der Waals surface area contributed by atoms with Crippen molar-refractivity contribution >= 4 is 24.8 Å². The molecule has 0 spiro atoms. The summed E-state index contributed by atoms with van der Waals surface area (Å²) in [5.41, 5.74) is 8.49. The van der Waals surface area contributed by atoms with E-state index in [4.69, 9.17) is 5.73 Å². The highest BCUT2D eigenvalue weighted by Gasteiger charge is 2.16. The average molecular weight is 235 g/mol. The van der Waals surface area contributed by atoms with E-state index in [-0.39, 0.29) is 24.8 Å². The van der Waals surface area contributed by atoms with E-state index in [0.29, 0.717) is 12.6 Å². The number of benzene rings is 1. The first-order chi connectivity index (χ1) is 5.92. The van der Waals surface area contributed by atoms with Gasteiger partial charge in [0, 0.05) is 12.6 Å². The molecular formula is C10H16Cl2N2. The first-order valence-corrected chi connectivity index (χ1v) is 4.43. The molecule has 1 unspecified atom stereocenters. The lowest BCUT2D eigenvalue weighted by Gasteiger charge is -2.25. The molecule has 0 radical (unpaired) electrons. The Morgan fingerprint density at radius 2 is 2.00 bits per heavy atom. The molecule has 4 heteroatoms. The van der Waals surface area contributed by atoms with Crippen LogP contribution in [0.25, 0.3) is 0 Å². The highest BCUT2D eigenvalue weighted by molar-refractivity contribution is 5.85. The number of halogens is 2. The first-order valence-electron chi connectivity index (χ1n) is 4.43. The van der Waals surface area contributed by atoms with Crippen molar-refractivity contribution in [1.29, 1.82) is 0 Å². The van der Waals surface area contributed by atoms with Gasteiger partial charge in [0.1, 0.15) is 0 Å². The standard InChI is InChI=1S/C10H14N2.2ClH/c11-7-10-9-4-2-1-3-8(9)5-6-12-10;;/h1-4,10,12H,5-7,11H2;2*1H. The maximum Gasteiger partial charge on any atom is 0.0447 e. The van der Waals surface area contributed by atoms with Gasteiger partial charge in [-0.2, -0.15) is 0 Å². The van der Waals surface area contributed by atoms with Crippen molar-refractivity contribution in [2.75, 3.05) is 13.1 Å². The average Bonchev–Trinajstić information content (AvgIpc) is 2.17. The quantitative estimate of drug-likeness (QED) is 0.777. The van der Waals surface area contributed by atoms with E-state index >= 15 is 0 Å². The molecule has 0 bridgehead atoms. The van der Waals surface area contributed by atoms with Crippen molar-refractivity contribution in [3.8, 4) is 0 Å². The normalized spacial score (nSPS) is 18.8. The molecule has 80 valence electrons. The summed E-state index contributed by atoms with van der Waals surface area (Å²) < 4.78 is 0. The molecule has 1 aromatic carbocycles. The van der Waals surface area contributed by atoms with Crippen molar-refractivity contribution < 1.29 is 0 Å². The molecule has 0 aromatic heterocycles. The van der Waals surface area contributed by atoms with Crippen LogP contribution in [-0.2, 0) is 6.42 Å². The molecule has 1 heterocycles. The lowest BCUT2D eigenvalue weighted by atomic mass is 9.95. The van der Waals surface area contributed by atoms with Gasteiger partial charge < -0.3 is 11.1 Å². The minimum atomic E-state index is 0. The zero-order chi connectivity index (χ0) is 8.39. The fraction of sp³-hybridized carbons (Fsp3) is 0.400. The van der Waals surface area contributed by atoms with Gasteiger partial charge in [-0.3, -0.25) is 0 Å². The minimum Gasteiger partial charge on any atom is -0.329 e. The predicted octanol–water partition coefficient (Wildman–Crippen LogP) is 1.68. The number of rotatable bonds is 1. The van der Waals surface area contributed by atoms with Crippen molar-refractivity contribution in [1.82, 2.24) is 5.32 Å². The van der Waals surface area contributed by atoms with Crippen LogP contribution in [0, 0.1) is 0 Å². The summed E-state index contributed by atoms with van der Waals surface area (Å²) in [6.45, 7) is 1.75. The molecule has 0 amide bonds. The molecular weight excluding hydrogens is 219 g/mol. The monoisotopic (exact) mass is 234 g/mol. The first kappa shape index (κ1) is 13.7. The third-order valence-electron chi connectivity index (χ3n) is 2.45. The largest absolute Gasteiger partial charge is 0.329 e. The van der Waals surface area contributed by atoms with Gasteiger partial charge in [-0.1, -0.05) is 24.3 Å². The Labute approximate surface area is 97.1 Å². The highest BCUT2D eigenvalue weighted by Crippen LogP contribution is 2.20. The van der Waals surface area contributed by atoms with Crippen LogP contribution < -0.4 is 11.1 Å². The minimum absolute atomic E-state index is 0. The summed E-state index contributed by atoms with van der Waals surface area (Å²) in [4.78, 5) is 0. The lowest BCUT2D eigenvalue weighted by Crippen LogP contribution is -2.34. The van der Waals surface area contributed by atoms with Gasteiger partial charge in [0.05, 0.1) is 0 Å². The fourth-order valence-corrected chi connectivity index (χ4v) is 1.80. The van der Waals surface area contributed by atoms with E-state index in [1.807, 2.05) is 0 Å². The number of nitrogens with one attached hydrogen (secondary N) is 1. The van der Waals surface area contributed by atoms with Crippen LogP contribution >= 0.6 is 24.8 Å². The van der Waals surface area contributed by atoms with Crippen LogP contribution in [0.2, 0.25) is 0 Å². The Morgan fingerprint density at radius 3 is 2.71 bits per heavy atom. The summed E-state index contributed by atoms with van der Waals surface area (Å²) in [5.74, 6) is 0. The Bertz CT molecular complexity index is 279. The molecule has 1 aromatic rings. The van der Waals surface area contributed by atoms with Crippen LogP contribution in [0.15, 0.2) is 24.3 Å². The molecule has 0 aliphatic carbocycles. The summed E-state index contributed by atoms with van der Waals surface area (Å²) in [6.07, 6.45) is 1.13. The van der Waals surface area contributed by atoms with Gasteiger partial charge in [-0.15, -0.1) is 24.8 Å². The molecule has 14 heavy (non-hydrogen) atoms. The predicted molar refractivity (Wildman–Crippen MR) is 64.4 cm³/mol. The molecule has 2 rings (SSSR count). The third-order valence-corrected chi connectivity index (χ3v) is 2.45. The topological polar surface area (TPSA) is 38.0 Å². The molecule has 0 fully saturated rings. The molecule has 1 aliphatic heterocycles. The van der Waals surface area contributed by atoms with Crippen LogP contribution in [0.1, 0.15) is 17.2 Å². The smallest absolute Gasteiger partial charge is 0.0447 e. The van der Waals surface area contributed by atoms with Crippen molar-refractivity contribution in [3.05, 3.63) is 35.4 Å². The number of hydrogen-bond donors (Lipinski definition) is 2. The van der Waals surface area contributed by atoms with Gasteiger partial charge in [0.15, 0.2) is 0 Å². The van der Waals surface area contributed by atoms with Gasteiger partial charge in [0.2, 0.25) is 0 Å². The van der Waals surface area contributed by atoms with Crippen molar-refractivity contribution in [2.24, 2.45) is 5.73 Å². The molecule has 1 aliphatic rings. The molecule has 3 N–H and O–H groups in total. The fourth-order valence-electron chi connectivity index (χ4n) is 1.80. The van der Waals surface area contributed by atoms with Crippen LogP contribution in [-0.4, -0.2) is 13.1 Å². The van der Waals surface area contributed by atoms with E-state index in [9.17, 15) is 0 Å². The van der Waals surface area contributed by atoms with Gasteiger partial charge in [0.25, 0.3) is 0 Å². The Balaban J connectivity index is 0.000000845. The Morgan fingerprint density at radius 1 is 1.29 bits per heavy atom. The lowest BCUT2D eigenvalue weighted by molar-refractivity contribution is 0.513. The molecule has 1 atom stereocenters. The second-order valence-electron chi connectivity index (χ2n) is 3.19. The summed E-state index contributed by atoms with van der Waals surface area (Å²) in [6, 6.07) is 8.90. The summed E-state index contributed by atoms with van der Waals surface area (Å²) in [7, 11) is 0.